The molecule has 0 amide bonds. The van der Waals surface area contributed by atoms with Gasteiger partial charge in [0.25, 0.3) is 0 Å². The van der Waals surface area contributed by atoms with E-state index in [1.165, 1.54) is 11.8 Å². The van der Waals surface area contributed by atoms with Crippen LogP contribution in [-0.2, 0) is 6.42 Å². The van der Waals surface area contributed by atoms with Crippen LogP contribution in [0.3, 0.4) is 0 Å². The SMILES string of the molecule is CCCc1cc(C(=O)O)cc(Sc2cnccn2)n1. The highest BCUT2D eigenvalue weighted by atomic mass is 32.2. The molecule has 0 saturated heterocycles. The van der Waals surface area contributed by atoms with Gasteiger partial charge in [0.1, 0.15) is 10.1 Å². The molecule has 0 radical (unpaired) electrons. The van der Waals surface area contributed by atoms with E-state index in [0.717, 1.165) is 18.5 Å². The monoisotopic (exact) mass is 275 g/mol. The summed E-state index contributed by atoms with van der Waals surface area (Å²) in [4.78, 5) is 23.6. The Kier molecular flexibility index (Phi) is 4.46. The first-order chi connectivity index (χ1) is 9.19. The van der Waals surface area contributed by atoms with Crippen molar-refractivity contribution in [3.8, 4) is 0 Å². The van der Waals surface area contributed by atoms with E-state index in [0.29, 0.717) is 10.1 Å². The number of carbonyl (C=O) groups is 1. The van der Waals surface area contributed by atoms with Crippen molar-refractivity contribution in [3.05, 3.63) is 42.0 Å². The van der Waals surface area contributed by atoms with Crippen LogP contribution in [0.25, 0.3) is 0 Å². The van der Waals surface area contributed by atoms with Crippen molar-refractivity contribution < 1.29 is 9.90 Å². The fourth-order valence-electron chi connectivity index (χ4n) is 1.57. The van der Waals surface area contributed by atoms with Crippen LogP contribution in [0.4, 0.5) is 0 Å². The standard InChI is InChI=1S/C13H13N3O2S/c1-2-3-10-6-9(13(17)18)7-11(16-10)19-12-8-14-4-5-15-12/h4-8H,2-3H2,1H3,(H,17,18). The highest BCUT2D eigenvalue weighted by molar-refractivity contribution is 7.99. The Morgan fingerprint density at radius 1 is 1.32 bits per heavy atom. The number of rotatable bonds is 5. The molecule has 0 fully saturated rings. The largest absolute Gasteiger partial charge is 0.478 e. The predicted molar refractivity (Wildman–Crippen MR) is 71.3 cm³/mol. The first-order valence-corrected chi connectivity index (χ1v) is 6.69. The molecule has 0 aliphatic rings. The third-order valence-electron chi connectivity index (χ3n) is 2.36. The van der Waals surface area contributed by atoms with Crippen molar-refractivity contribution in [2.75, 3.05) is 0 Å². The van der Waals surface area contributed by atoms with E-state index in [-0.39, 0.29) is 5.56 Å². The van der Waals surface area contributed by atoms with Crippen molar-refractivity contribution in [1.29, 1.82) is 0 Å². The molecule has 2 heterocycles. The zero-order chi connectivity index (χ0) is 13.7. The summed E-state index contributed by atoms with van der Waals surface area (Å²) in [6, 6.07) is 3.17. The Hall–Kier alpha value is -1.95. The Bertz CT molecular complexity index is 575. The highest BCUT2D eigenvalue weighted by Gasteiger charge is 2.09. The van der Waals surface area contributed by atoms with Gasteiger partial charge in [-0.2, -0.15) is 0 Å². The van der Waals surface area contributed by atoms with Crippen LogP contribution in [0.15, 0.2) is 40.8 Å². The Morgan fingerprint density at radius 2 is 2.16 bits per heavy atom. The molecule has 0 aromatic carbocycles. The van der Waals surface area contributed by atoms with Crippen LogP contribution >= 0.6 is 11.8 Å². The van der Waals surface area contributed by atoms with Gasteiger partial charge in [0.05, 0.1) is 11.8 Å². The van der Waals surface area contributed by atoms with Crippen LogP contribution in [0, 0.1) is 0 Å². The maximum atomic E-state index is 11.1. The number of carboxylic acid groups (broad SMARTS) is 1. The molecule has 1 N–H and O–H groups in total. The highest BCUT2D eigenvalue weighted by Crippen LogP contribution is 2.25. The van der Waals surface area contributed by atoms with Gasteiger partial charge in [0.2, 0.25) is 0 Å². The summed E-state index contributed by atoms with van der Waals surface area (Å²) in [5.74, 6) is -0.944. The summed E-state index contributed by atoms with van der Waals surface area (Å²) in [5.41, 5.74) is 1.04. The van der Waals surface area contributed by atoms with E-state index in [1.807, 2.05) is 6.92 Å². The van der Waals surface area contributed by atoms with Gasteiger partial charge < -0.3 is 5.11 Å². The molecule has 6 heteroatoms. The molecule has 2 rings (SSSR count). The number of aryl methyl sites for hydroxylation is 1. The molecular formula is C13H13N3O2S. The molecule has 0 aliphatic heterocycles. The summed E-state index contributed by atoms with van der Waals surface area (Å²) in [7, 11) is 0. The number of carboxylic acids is 1. The van der Waals surface area contributed by atoms with Crippen LogP contribution in [0.5, 0.6) is 0 Å². The number of pyridine rings is 1. The van der Waals surface area contributed by atoms with Gasteiger partial charge in [-0.05, 0) is 30.3 Å². The van der Waals surface area contributed by atoms with Gasteiger partial charge in [-0.15, -0.1) is 0 Å². The van der Waals surface area contributed by atoms with Crippen LogP contribution in [-0.4, -0.2) is 26.0 Å². The number of aromatic nitrogens is 3. The zero-order valence-corrected chi connectivity index (χ0v) is 11.2. The average Bonchev–Trinajstić information content (AvgIpc) is 2.40. The molecule has 98 valence electrons. The molecule has 0 atom stereocenters. The van der Waals surface area contributed by atoms with Crippen LogP contribution in [0.2, 0.25) is 0 Å². The van der Waals surface area contributed by atoms with E-state index >= 15 is 0 Å². The first-order valence-electron chi connectivity index (χ1n) is 5.87. The smallest absolute Gasteiger partial charge is 0.335 e. The fraction of sp³-hybridized carbons (Fsp3) is 0.231. The van der Waals surface area contributed by atoms with Gasteiger partial charge in [-0.25, -0.2) is 14.8 Å². The minimum atomic E-state index is -0.944. The predicted octanol–water partition coefficient (Wildman–Crippen LogP) is 2.67. The first kappa shape index (κ1) is 13.5. The van der Waals surface area contributed by atoms with Gasteiger partial charge >= 0.3 is 5.97 Å². The lowest BCUT2D eigenvalue weighted by atomic mass is 10.2. The molecule has 0 aliphatic carbocycles. The second kappa shape index (κ2) is 6.29. The maximum Gasteiger partial charge on any atom is 0.335 e. The van der Waals surface area contributed by atoms with Gasteiger partial charge in [-0.3, -0.25) is 4.98 Å². The van der Waals surface area contributed by atoms with Gasteiger partial charge in [0.15, 0.2) is 0 Å². The maximum absolute atomic E-state index is 11.1. The Labute approximate surface area is 115 Å². The lowest BCUT2D eigenvalue weighted by Gasteiger charge is -2.05. The normalized spacial score (nSPS) is 10.4. The Balaban J connectivity index is 2.31. The van der Waals surface area contributed by atoms with E-state index in [9.17, 15) is 4.79 Å². The summed E-state index contributed by atoms with van der Waals surface area (Å²) in [6.45, 7) is 2.03. The minimum absolute atomic E-state index is 0.254. The fourth-order valence-corrected chi connectivity index (χ4v) is 2.36. The summed E-state index contributed by atoms with van der Waals surface area (Å²) >= 11 is 1.31. The number of hydrogen-bond donors (Lipinski definition) is 1. The molecule has 0 bridgehead atoms. The van der Waals surface area contributed by atoms with E-state index in [1.54, 1.807) is 30.7 Å². The number of aromatic carboxylic acids is 1. The van der Waals surface area contributed by atoms with Crippen molar-refractivity contribution in [1.82, 2.24) is 15.0 Å². The van der Waals surface area contributed by atoms with Gasteiger partial charge in [-0.1, -0.05) is 13.3 Å². The van der Waals surface area contributed by atoms with Crippen LogP contribution < -0.4 is 0 Å². The van der Waals surface area contributed by atoms with E-state index < -0.39 is 5.97 Å². The number of hydrogen-bond acceptors (Lipinski definition) is 5. The minimum Gasteiger partial charge on any atom is -0.478 e. The summed E-state index contributed by atoms with van der Waals surface area (Å²) < 4.78 is 0. The second-order valence-electron chi connectivity index (χ2n) is 3.89. The van der Waals surface area contributed by atoms with E-state index in [2.05, 4.69) is 15.0 Å². The molecule has 2 aromatic rings. The summed E-state index contributed by atoms with van der Waals surface area (Å²) in [5, 5.41) is 10.4. The molecule has 19 heavy (non-hydrogen) atoms. The lowest BCUT2D eigenvalue weighted by Crippen LogP contribution is -2.01. The topological polar surface area (TPSA) is 76.0 Å². The molecule has 0 spiro atoms. The van der Waals surface area contributed by atoms with E-state index in [4.69, 9.17) is 5.11 Å². The summed E-state index contributed by atoms with van der Waals surface area (Å²) in [6.07, 6.45) is 6.49. The van der Waals surface area contributed by atoms with Crippen LogP contribution in [0.1, 0.15) is 29.4 Å². The number of nitrogens with zero attached hydrogens (tertiary/aromatic N) is 3. The lowest BCUT2D eigenvalue weighted by molar-refractivity contribution is 0.0696. The zero-order valence-electron chi connectivity index (χ0n) is 10.4. The third kappa shape index (κ3) is 3.75. The van der Waals surface area contributed by atoms with Gasteiger partial charge in [0, 0.05) is 18.1 Å². The molecule has 0 saturated carbocycles. The molecule has 2 aromatic heterocycles. The molecule has 5 nitrogen and oxygen atoms in total. The molecule has 0 unspecified atom stereocenters. The van der Waals surface area contributed by atoms with Crippen molar-refractivity contribution in [2.24, 2.45) is 0 Å². The van der Waals surface area contributed by atoms with Crippen molar-refractivity contribution in [3.63, 3.8) is 0 Å². The molecular weight excluding hydrogens is 262 g/mol. The quantitative estimate of drug-likeness (QED) is 0.904. The Morgan fingerprint density at radius 3 is 2.79 bits per heavy atom. The third-order valence-corrected chi connectivity index (χ3v) is 3.19. The van der Waals surface area contributed by atoms with Crippen molar-refractivity contribution in [2.45, 2.75) is 29.8 Å². The second-order valence-corrected chi connectivity index (χ2v) is 4.93. The van der Waals surface area contributed by atoms with Crippen molar-refractivity contribution >= 4 is 17.7 Å². The average molecular weight is 275 g/mol.